The molecule has 1 aliphatic rings. The van der Waals surface area contributed by atoms with E-state index in [4.69, 9.17) is 9.15 Å². The summed E-state index contributed by atoms with van der Waals surface area (Å²) in [7, 11) is 0. The first-order chi connectivity index (χ1) is 9.81. The average molecular weight is 266 g/mol. The molecule has 0 radical (unpaired) electrons. The molecule has 1 aromatic carbocycles. The van der Waals surface area contributed by atoms with Gasteiger partial charge < -0.3 is 9.15 Å². The third-order valence-corrected chi connectivity index (χ3v) is 3.10. The normalized spacial score (nSPS) is 20.7. The molecule has 0 N–H and O–H groups in total. The van der Waals surface area contributed by atoms with Crippen molar-refractivity contribution in [2.75, 3.05) is 0 Å². The smallest absolute Gasteiger partial charge is 0.334 e. The van der Waals surface area contributed by atoms with Crippen LogP contribution in [0.15, 0.2) is 64.8 Å². The van der Waals surface area contributed by atoms with Crippen molar-refractivity contribution in [3.05, 3.63) is 71.7 Å². The molecule has 1 unspecified atom stereocenters. The molecule has 0 saturated carbocycles. The van der Waals surface area contributed by atoms with Crippen LogP contribution in [-0.4, -0.2) is 12.1 Å². The van der Waals surface area contributed by atoms with E-state index >= 15 is 0 Å². The van der Waals surface area contributed by atoms with Crippen LogP contribution >= 0.6 is 0 Å². The molecular formula is C17H14O3. The second-order valence-corrected chi connectivity index (χ2v) is 4.60. The zero-order chi connectivity index (χ0) is 13.8. The molecular weight excluding hydrogens is 252 g/mol. The Bertz CT molecular complexity index is 636. The molecule has 100 valence electrons. The number of benzene rings is 1. The first-order valence-electron chi connectivity index (χ1n) is 6.49. The molecule has 0 bridgehead atoms. The number of furan rings is 1. The zero-order valence-corrected chi connectivity index (χ0v) is 10.9. The van der Waals surface area contributed by atoms with Gasteiger partial charge in [-0.25, -0.2) is 4.79 Å². The van der Waals surface area contributed by atoms with Crippen LogP contribution in [0.3, 0.4) is 0 Å². The van der Waals surface area contributed by atoms with Gasteiger partial charge in [-0.1, -0.05) is 36.4 Å². The fourth-order valence-electron chi connectivity index (χ4n) is 2.11. The summed E-state index contributed by atoms with van der Waals surface area (Å²) in [5.74, 6) is 0.397. The molecule has 0 spiro atoms. The Morgan fingerprint density at radius 1 is 1.10 bits per heavy atom. The summed E-state index contributed by atoms with van der Waals surface area (Å²) in [4.78, 5) is 11.8. The highest BCUT2D eigenvalue weighted by molar-refractivity contribution is 5.95. The van der Waals surface area contributed by atoms with Crippen LogP contribution < -0.4 is 0 Å². The topological polar surface area (TPSA) is 39.4 Å². The molecule has 1 aromatic heterocycles. The first-order valence-corrected chi connectivity index (χ1v) is 6.49. The highest BCUT2D eigenvalue weighted by atomic mass is 16.5. The van der Waals surface area contributed by atoms with Gasteiger partial charge in [0.2, 0.25) is 0 Å². The minimum Gasteiger partial charge on any atom is -0.465 e. The second-order valence-electron chi connectivity index (χ2n) is 4.60. The van der Waals surface area contributed by atoms with E-state index in [0.29, 0.717) is 17.8 Å². The van der Waals surface area contributed by atoms with Crippen molar-refractivity contribution in [2.24, 2.45) is 0 Å². The van der Waals surface area contributed by atoms with Crippen molar-refractivity contribution in [1.82, 2.24) is 0 Å². The average Bonchev–Trinajstić information content (AvgIpc) is 3.09. The van der Waals surface area contributed by atoms with Gasteiger partial charge in [0.15, 0.2) is 0 Å². The number of hydrogen-bond donors (Lipinski definition) is 0. The van der Waals surface area contributed by atoms with E-state index in [-0.39, 0.29) is 12.1 Å². The lowest BCUT2D eigenvalue weighted by Gasteiger charge is -2.00. The van der Waals surface area contributed by atoms with Gasteiger partial charge in [0, 0.05) is 12.0 Å². The van der Waals surface area contributed by atoms with Gasteiger partial charge in [-0.3, -0.25) is 0 Å². The predicted octanol–water partition coefficient (Wildman–Crippen LogP) is 3.69. The first kappa shape index (κ1) is 12.5. The largest absolute Gasteiger partial charge is 0.465 e. The Balaban J connectivity index is 1.70. The van der Waals surface area contributed by atoms with E-state index in [0.717, 1.165) is 5.56 Å². The molecule has 3 rings (SSSR count). The Morgan fingerprint density at radius 3 is 2.70 bits per heavy atom. The van der Waals surface area contributed by atoms with E-state index in [9.17, 15) is 4.79 Å². The molecule has 0 aliphatic carbocycles. The fourth-order valence-corrected chi connectivity index (χ4v) is 2.11. The molecule has 1 fully saturated rings. The Labute approximate surface area is 117 Å². The maximum Gasteiger partial charge on any atom is 0.334 e. The van der Waals surface area contributed by atoms with E-state index in [1.165, 1.54) is 0 Å². The van der Waals surface area contributed by atoms with Gasteiger partial charge in [0.05, 0.1) is 6.26 Å². The van der Waals surface area contributed by atoms with Crippen LogP contribution in [0.4, 0.5) is 0 Å². The van der Waals surface area contributed by atoms with Crippen LogP contribution in [0.2, 0.25) is 0 Å². The quantitative estimate of drug-likeness (QED) is 0.628. The van der Waals surface area contributed by atoms with Crippen LogP contribution in [-0.2, 0) is 9.53 Å². The Morgan fingerprint density at radius 2 is 1.95 bits per heavy atom. The van der Waals surface area contributed by atoms with E-state index in [1.807, 2.05) is 48.6 Å². The lowest BCUT2D eigenvalue weighted by atomic mass is 10.1. The number of carbonyl (C=O) groups is 1. The van der Waals surface area contributed by atoms with Crippen molar-refractivity contribution < 1.29 is 13.9 Å². The highest BCUT2D eigenvalue weighted by Crippen LogP contribution is 2.24. The van der Waals surface area contributed by atoms with E-state index < -0.39 is 0 Å². The number of carbonyl (C=O) groups excluding carboxylic acids is 1. The SMILES string of the molecule is O=C1OC(/C=C/c2ccccc2)C/C1=C\c1ccco1. The minimum atomic E-state index is -0.274. The summed E-state index contributed by atoms with van der Waals surface area (Å²) < 4.78 is 10.5. The van der Waals surface area contributed by atoms with Crippen LogP contribution in [0.25, 0.3) is 12.2 Å². The number of rotatable bonds is 3. The molecule has 1 aliphatic heterocycles. The van der Waals surface area contributed by atoms with E-state index in [2.05, 4.69) is 0 Å². The summed E-state index contributed by atoms with van der Waals surface area (Å²) >= 11 is 0. The minimum absolute atomic E-state index is 0.205. The molecule has 1 saturated heterocycles. The molecule has 0 amide bonds. The van der Waals surface area contributed by atoms with Gasteiger partial charge in [-0.2, -0.15) is 0 Å². The summed E-state index contributed by atoms with van der Waals surface area (Å²) in [6.45, 7) is 0. The van der Waals surface area contributed by atoms with Crippen LogP contribution in [0, 0.1) is 0 Å². The Hall–Kier alpha value is -2.55. The van der Waals surface area contributed by atoms with Gasteiger partial charge >= 0.3 is 5.97 Å². The number of ether oxygens (including phenoxy) is 1. The molecule has 3 heteroatoms. The standard InChI is InChI=1S/C17H14O3/c18-17-14(11-15-7-4-10-19-15)12-16(20-17)9-8-13-5-2-1-3-6-13/h1-11,16H,12H2/b9-8+,14-11+. The molecule has 2 heterocycles. The lowest BCUT2D eigenvalue weighted by molar-refractivity contribution is -0.137. The Kier molecular flexibility index (Phi) is 3.50. The fraction of sp³-hybridized carbons (Fsp3) is 0.118. The maximum atomic E-state index is 11.8. The van der Waals surface area contributed by atoms with Crippen molar-refractivity contribution in [3.8, 4) is 0 Å². The monoisotopic (exact) mass is 266 g/mol. The van der Waals surface area contributed by atoms with Crippen LogP contribution in [0.1, 0.15) is 17.7 Å². The summed E-state index contributed by atoms with van der Waals surface area (Å²) in [6.07, 6.45) is 7.56. The van der Waals surface area contributed by atoms with Gasteiger partial charge in [0.1, 0.15) is 11.9 Å². The van der Waals surface area contributed by atoms with Crippen LogP contribution in [0.5, 0.6) is 0 Å². The van der Waals surface area contributed by atoms with Crippen molar-refractivity contribution in [1.29, 1.82) is 0 Å². The molecule has 3 nitrogen and oxygen atoms in total. The summed E-state index contributed by atoms with van der Waals surface area (Å²) in [5.41, 5.74) is 1.73. The van der Waals surface area contributed by atoms with Gasteiger partial charge in [-0.15, -0.1) is 0 Å². The summed E-state index contributed by atoms with van der Waals surface area (Å²) in [5, 5.41) is 0. The predicted molar refractivity (Wildman–Crippen MR) is 76.7 cm³/mol. The lowest BCUT2D eigenvalue weighted by Crippen LogP contribution is -2.01. The third kappa shape index (κ3) is 2.88. The maximum absolute atomic E-state index is 11.8. The molecule has 1 atom stereocenters. The van der Waals surface area contributed by atoms with Crippen molar-refractivity contribution >= 4 is 18.1 Å². The number of esters is 1. The van der Waals surface area contributed by atoms with Gasteiger partial charge in [0.25, 0.3) is 0 Å². The van der Waals surface area contributed by atoms with Gasteiger partial charge in [-0.05, 0) is 29.8 Å². The molecule has 20 heavy (non-hydrogen) atoms. The zero-order valence-electron chi connectivity index (χ0n) is 10.9. The number of hydrogen-bond acceptors (Lipinski definition) is 3. The molecule has 2 aromatic rings. The van der Waals surface area contributed by atoms with Crippen molar-refractivity contribution in [2.45, 2.75) is 12.5 Å². The van der Waals surface area contributed by atoms with E-state index in [1.54, 1.807) is 18.4 Å². The van der Waals surface area contributed by atoms with Crippen molar-refractivity contribution in [3.63, 3.8) is 0 Å². The second kappa shape index (κ2) is 5.61. The summed E-state index contributed by atoms with van der Waals surface area (Å²) in [6, 6.07) is 13.5. The highest BCUT2D eigenvalue weighted by Gasteiger charge is 2.27. The number of cyclic esters (lactones) is 1. The third-order valence-electron chi connectivity index (χ3n) is 3.10.